The first-order valence-corrected chi connectivity index (χ1v) is 7.76. The molecular formula is C16H21ClN2O. The topological polar surface area (TPSA) is 46.3 Å². The molecule has 0 bridgehead atoms. The smallest absolute Gasteiger partial charge is 0.231 e. The molecule has 1 amide bonds. The van der Waals surface area contributed by atoms with E-state index in [1.807, 2.05) is 30.0 Å². The summed E-state index contributed by atoms with van der Waals surface area (Å²) in [5.74, 6) is 0.108. The Bertz CT molecular complexity index is 541. The lowest BCUT2D eigenvalue weighted by atomic mass is 9.74. The summed E-state index contributed by atoms with van der Waals surface area (Å²) in [6.07, 6.45) is 4.89. The Hall–Kier alpha value is -1.06. The van der Waals surface area contributed by atoms with Gasteiger partial charge in [-0.3, -0.25) is 4.79 Å². The number of hydrogen-bond donors (Lipinski definition) is 1. The maximum absolute atomic E-state index is 12.9. The lowest BCUT2D eigenvalue weighted by molar-refractivity contribution is -0.125. The van der Waals surface area contributed by atoms with Crippen LogP contribution in [0.3, 0.4) is 0 Å². The van der Waals surface area contributed by atoms with Gasteiger partial charge in [0.25, 0.3) is 0 Å². The fourth-order valence-electron chi connectivity index (χ4n) is 3.57. The number of nitrogens with two attached hydrogens (primary N) is 1. The zero-order valence-electron chi connectivity index (χ0n) is 11.9. The summed E-state index contributed by atoms with van der Waals surface area (Å²) >= 11 is 6.22. The van der Waals surface area contributed by atoms with E-state index >= 15 is 0 Å². The summed E-state index contributed by atoms with van der Waals surface area (Å²) in [6, 6.07) is 5.79. The van der Waals surface area contributed by atoms with Crippen LogP contribution in [0.15, 0.2) is 18.2 Å². The van der Waals surface area contributed by atoms with Crippen LogP contribution in [0.1, 0.15) is 38.2 Å². The first kappa shape index (κ1) is 13.9. The van der Waals surface area contributed by atoms with Crippen molar-refractivity contribution in [2.24, 2.45) is 11.7 Å². The molecule has 0 saturated heterocycles. The largest absolute Gasteiger partial charge is 0.325 e. The average Bonchev–Trinajstić information content (AvgIpc) is 2.83. The molecule has 2 unspecified atom stereocenters. The van der Waals surface area contributed by atoms with E-state index in [9.17, 15) is 4.79 Å². The van der Waals surface area contributed by atoms with Crippen LogP contribution < -0.4 is 10.6 Å². The van der Waals surface area contributed by atoms with Crippen molar-refractivity contribution >= 4 is 23.2 Å². The van der Waals surface area contributed by atoms with E-state index in [0.29, 0.717) is 0 Å². The summed E-state index contributed by atoms with van der Waals surface area (Å²) < 4.78 is 0. The number of amides is 1. The summed E-state index contributed by atoms with van der Waals surface area (Å²) in [6.45, 7) is 2.74. The maximum Gasteiger partial charge on any atom is 0.231 e. The Kier molecular flexibility index (Phi) is 3.51. The average molecular weight is 293 g/mol. The van der Waals surface area contributed by atoms with Crippen molar-refractivity contribution in [2.45, 2.75) is 44.6 Å². The van der Waals surface area contributed by atoms with Gasteiger partial charge in [-0.25, -0.2) is 0 Å². The van der Waals surface area contributed by atoms with Gasteiger partial charge < -0.3 is 10.6 Å². The molecule has 0 radical (unpaired) electrons. The van der Waals surface area contributed by atoms with E-state index in [1.165, 1.54) is 0 Å². The van der Waals surface area contributed by atoms with Crippen LogP contribution in [0.5, 0.6) is 0 Å². The van der Waals surface area contributed by atoms with Crippen molar-refractivity contribution in [3.05, 3.63) is 28.8 Å². The molecule has 1 aromatic rings. The molecule has 1 heterocycles. The molecule has 0 spiro atoms. The highest BCUT2D eigenvalue weighted by Gasteiger charge is 2.41. The molecule has 20 heavy (non-hydrogen) atoms. The van der Waals surface area contributed by atoms with Gasteiger partial charge in [0.1, 0.15) is 0 Å². The monoisotopic (exact) mass is 292 g/mol. The number of halogens is 1. The summed E-state index contributed by atoms with van der Waals surface area (Å²) in [4.78, 5) is 14.8. The molecule has 2 atom stereocenters. The van der Waals surface area contributed by atoms with E-state index in [0.717, 1.165) is 54.9 Å². The molecule has 0 aromatic heterocycles. The van der Waals surface area contributed by atoms with Crippen molar-refractivity contribution in [3.63, 3.8) is 0 Å². The fourth-order valence-corrected chi connectivity index (χ4v) is 3.84. The minimum atomic E-state index is -0.378. The van der Waals surface area contributed by atoms with Crippen LogP contribution in [0.4, 0.5) is 5.69 Å². The number of carbonyl (C=O) groups is 1. The third kappa shape index (κ3) is 2.23. The highest BCUT2D eigenvalue weighted by atomic mass is 35.5. The van der Waals surface area contributed by atoms with E-state index in [4.69, 9.17) is 17.3 Å². The molecule has 1 aliphatic heterocycles. The molecule has 108 valence electrons. The van der Waals surface area contributed by atoms with Crippen molar-refractivity contribution in [3.8, 4) is 0 Å². The number of hydrogen-bond acceptors (Lipinski definition) is 2. The molecule has 2 aliphatic rings. The SMILES string of the molecule is CC1(N)CCCCC1C(=O)N1CCc2c(Cl)cccc21. The number of rotatable bonds is 1. The summed E-state index contributed by atoms with van der Waals surface area (Å²) in [5, 5.41) is 0.761. The first-order chi connectivity index (χ1) is 9.50. The fraction of sp³-hybridized carbons (Fsp3) is 0.562. The maximum atomic E-state index is 12.9. The van der Waals surface area contributed by atoms with Crippen molar-refractivity contribution in [2.75, 3.05) is 11.4 Å². The van der Waals surface area contributed by atoms with E-state index in [2.05, 4.69) is 0 Å². The number of anilines is 1. The number of fused-ring (bicyclic) bond motifs is 1. The van der Waals surface area contributed by atoms with Crippen LogP contribution >= 0.6 is 11.6 Å². The van der Waals surface area contributed by atoms with Gasteiger partial charge in [-0.1, -0.05) is 30.5 Å². The Labute approximate surface area is 125 Å². The number of nitrogens with zero attached hydrogens (tertiary/aromatic N) is 1. The molecule has 4 heteroatoms. The zero-order valence-corrected chi connectivity index (χ0v) is 12.6. The van der Waals surface area contributed by atoms with Crippen molar-refractivity contribution in [1.82, 2.24) is 0 Å². The molecule has 2 N–H and O–H groups in total. The van der Waals surface area contributed by atoms with Crippen molar-refractivity contribution < 1.29 is 4.79 Å². The molecular weight excluding hydrogens is 272 g/mol. The van der Waals surface area contributed by atoms with Gasteiger partial charge in [0, 0.05) is 22.8 Å². The van der Waals surface area contributed by atoms with Gasteiger partial charge in [0.05, 0.1) is 5.92 Å². The van der Waals surface area contributed by atoms with Crippen LogP contribution in [0, 0.1) is 5.92 Å². The van der Waals surface area contributed by atoms with Gasteiger partial charge in [-0.15, -0.1) is 0 Å². The number of carbonyl (C=O) groups excluding carboxylic acids is 1. The predicted octanol–water partition coefficient (Wildman–Crippen LogP) is 3.14. The van der Waals surface area contributed by atoms with Gasteiger partial charge in [-0.2, -0.15) is 0 Å². The zero-order chi connectivity index (χ0) is 14.3. The highest BCUT2D eigenvalue weighted by molar-refractivity contribution is 6.32. The van der Waals surface area contributed by atoms with Gasteiger partial charge in [0.2, 0.25) is 5.91 Å². The Balaban J connectivity index is 1.88. The molecule has 1 aliphatic carbocycles. The van der Waals surface area contributed by atoms with Crippen LogP contribution in [0.25, 0.3) is 0 Å². The minimum absolute atomic E-state index is 0.0684. The third-order valence-corrected chi connectivity index (χ3v) is 5.14. The Morgan fingerprint density at radius 2 is 2.25 bits per heavy atom. The molecule has 1 fully saturated rings. The summed E-state index contributed by atoms with van der Waals surface area (Å²) in [7, 11) is 0. The lowest BCUT2D eigenvalue weighted by Gasteiger charge is -2.39. The lowest BCUT2D eigenvalue weighted by Crippen LogP contribution is -2.53. The Morgan fingerprint density at radius 3 is 3.00 bits per heavy atom. The minimum Gasteiger partial charge on any atom is -0.325 e. The highest BCUT2D eigenvalue weighted by Crippen LogP contribution is 2.38. The second-order valence-corrected chi connectivity index (χ2v) is 6.69. The first-order valence-electron chi connectivity index (χ1n) is 7.38. The molecule has 1 aromatic carbocycles. The van der Waals surface area contributed by atoms with Gasteiger partial charge >= 0.3 is 0 Å². The molecule has 1 saturated carbocycles. The van der Waals surface area contributed by atoms with E-state index in [1.54, 1.807) is 0 Å². The second-order valence-electron chi connectivity index (χ2n) is 6.28. The number of benzene rings is 1. The molecule has 3 nitrogen and oxygen atoms in total. The predicted molar refractivity (Wildman–Crippen MR) is 82.1 cm³/mol. The normalized spacial score (nSPS) is 29.4. The van der Waals surface area contributed by atoms with Crippen LogP contribution in [0.2, 0.25) is 5.02 Å². The third-order valence-electron chi connectivity index (χ3n) is 4.79. The standard InChI is InChI=1S/C16H21ClN2O/c1-16(18)9-3-2-5-12(16)15(20)19-10-8-11-13(17)6-4-7-14(11)19/h4,6-7,12H,2-3,5,8-10,18H2,1H3. The van der Waals surface area contributed by atoms with E-state index < -0.39 is 0 Å². The second kappa shape index (κ2) is 5.05. The Morgan fingerprint density at radius 1 is 1.45 bits per heavy atom. The van der Waals surface area contributed by atoms with Gasteiger partial charge in [-0.05, 0) is 43.9 Å². The van der Waals surface area contributed by atoms with Gasteiger partial charge in [0.15, 0.2) is 0 Å². The summed E-state index contributed by atoms with van der Waals surface area (Å²) in [5.41, 5.74) is 8.06. The quantitative estimate of drug-likeness (QED) is 0.864. The molecule has 3 rings (SSSR count). The van der Waals surface area contributed by atoms with Crippen LogP contribution in [-0.2, 0) is 11.2 Å². The van der Waals surface area contributed by atoms with Crippen molar-refractivity contribution in [1.29, 1.82) is 0 Å². The van der Waals surface area contributed by atoms with E-state index in [-0.39, 0.29) is 17.4 Å². The van der Waals surface area contributed by atoms with Crippen LogP contribution in [-0.4, -0.2) is 18.0 Å².